The van der Waals surface area contributed by atoms with Crippen LogP contribution in [0.25, 0.3) is 0 Å². The number of nitrogens with zero attached hydrogens (tertiary/aromatic N) is 2. The fraction of sp³-hybridized carbons (Fsp3) is 0.125. The van der Waals surface area contributed by atoms with Crippen LogP contribution < -0.4 is 0 Å². The summed E-state index contributed by atoms with van der Waals surface area (Å²) < 4.78 is 12.2. The lowest BCUT2D eigenvalue weighted by Gasteiger charge is -2.13. The van der Waals surface area contributed by atoms with E-state index in [1.54, 1.807) is 6.07 Å². The van der Waals surface area contributed by atoms with Crippen molar-refractivity contribution in [1.82, 2.24) is 0 Å². The Balaban J connectivity index is 1.64. The molecule has 0 saturated carbocycles. The van der Waals surface area contributed by atoms with E-state index in [4.69, 9.17) is 8.83 Å². The Morgan fingerprint density at radius 3 is 2.09 bits per heavy atom. The molecule has 8 heteroatoms. The third kappa shape index (κ3) is 4.50. The number of aromatic hydroxyl groups is 1. The zero-order chi connectivity index (χ0) is 22.8. The average molecular weight is 495 g/mol. The van der Waals surface area contributed by atoms with Gasteiger partial charge in [-0.1, -0.05) is 28.1 Å². The van der Waals surface area contributed by atoms with Crippen LogP contribution in [0.5, 0.6) is 5.75 Å². The predicted octanol–water partition coefficient (Wildman–Crippen LogP) is 6.80. The van der Waals surface area contributed by atoms with Crippen molar-refractivity contribution >= 4 is 33.5 Å². The van der Waals surface area contributed by atoms with Crippen molar-refractivity contribution in [2.24, 2.45) is 4.99 Å². The molecule has 0 atom stereocenters. The third-order valence-electron chi connectivity index (χ3n) is 4.95. The molecule has 0 amide bonds. The van der Waals surface area contributed by atoms with E-state index >= 15 is 0 Å². The molecule has 4 aromatic rings. The van der Waals surface area contributed by atoms with Gasteiger partial charge in [-0.15, -0.1) is 0 Å². The first-order valence-corrected chi connectivity index (χ1v) is 10.5. The van der Waals surface area contributed by atoms with Gasteiger partial charge in [-0.05, 0) is 61.9 Å². The molecular formula is C24H19BrN2O5. The molecule has 0 unspecified atom stereocenters. The molecule has 32 heavy (non-hydrogen) atoms. The van der Waals surface area contributed by atoms with Gasteiger partial charge < -0.3 is 13.9 Å². The highest BCUT2D eigenvalue weighted by atomic mass is 79.9. The second-order valence-corrected chi connectivity index (χ2v) is 8.22. The lowest BCUT2D eigenvalue weighted by atomic mass is 9.94. The van der Waals surface area contributed by atoms with Crippen LogP contribution in [-0.2, 0) is 0 Å². The van der Waals surface area contributed by atoms with Crippen LogP contribution in [0.15, 0.2) is 79.0 Å². The van der Waals surface area contributed by atoms with Gasteiger partial charge in [-0.25, -0.2) is 0 Å². The molecule has 0 fully saturated rings. The molecule has 0 aliphatic rings. The summed E-state index contributed by atoms with van der Waals surface area (Å²) in [6.45, 7) is 3.79. The van der Waals surface area contributed by atoms with E-state index in [0.717, 1.165) is 28.6 Å². The molecule has 4 rings (SSSR count). The van der Waals surface area contributed by atoms with Gasteiger partial charge in [-0.3, -0.25) is 15.1 Å². The molecule has 0 aliphatic heterocycles. The maximum atomic E-state index is 11.1. The minimum absolute atomic E-state index is 0.202. The first-order chi connectivity index (χ1) is 15.3. The van der Waals surface area contributed by atoms with E-state index in [9.17, 15) is 15.2 Å². The Bertz CT molecular complexity index is 1260. The van der Waals surface area contributed by atoms with Gasteiger partial charge in [0.05, 0.1) is 10.6 Å². The van der Waals surface area contributed by atoms with E-state index in [1.807, 2.05) is 62.4 Å². The molecule has 2 heterocycles. The van der Waals surface area contributed by atoms with E-state index in [2.05, 4.69) is 20.9 Å². The quantitative estimate of drug-likeness (QED) is 0.180. The van der Waals surface area contributed by atoms with Crippen molar-refractivity contribution in [1.29, 1.82) is 0 Å². The summed E-state index contributed by atoms with van der Waals surface area (Å²) in [4.78, 5) is 14.8. The number of hydrogen-bond donors (Lipinski definition) is 1. The van der Waals surface area contributed by atoms with Crippen LogP contribution in [0.3, 0.4) is 0 Å². The van der Waals surface area contributed by atoms with E-state index in [-0.39, 0.29) is 17.2 Å². The number of phenols is 1. The Hall–Kier alpha value is -3.65. The average Bonchev–Trinajstić information content (AvgIpc) is 3.38. The number of benzene rings is 2. The van der Waals surface area contributed by atoms with Crippen LogP contribution in [0.4, 0.5) is 11.4 Å². The minimum atomic E-state index is -0.640. The van der Waals surface area contributed by atoms with Gasteiger partial charge in [0, 0.05) is 22.3 Å². The number of hydrogen-bond acceptors (Lipinski definition) is 6. The van der Waals surface area contributed by atoms with Gasteiger partial charge in [0.25, 0.3) is 0 Å². The molecule has 2 aromatic heterocycles. The second-order valence-electron chi connectivity index (χ2n) is 7.30. The van der Waals surface area contributed by atoms with Gasteiger partial charge >= 0.3 is 5.69 Å². The molecule has 162 valence electrons. The van der Waals surface area contributed by atoms with Crippen molar-refractivity contribution in [2.45, 2.75) is 19.8 Å². The number of furan rings is 2. The fourth-order valence-corrected chi connectivity index (χ4v) is 3.89. The highest BCUT2D eigenvalue weighted by Gasteiger charge is 2.23. The normalized spacial score (nSPS) is 11.5. The van der Waals surface area contributed by atoms with E-state index in [0.29, 0.717) is 10.2 Å². The lowest BCUT2D eigenvalue weighted by Crippen LogP contribution is -2.00. The maximum Gasteiger partial charge on any atom is 0.312 e. The molecule has 0 spiro atoms. The summed E-state index contributed by atoms with van der Waals surface area (Å²) in [5, 5.41) is 21.3. The van der Waals surface area contributed by atoms with Crippen LogP contribution in [0.1, 0.15) is 40.1 Å². The summed E-state index contributed by atoms with van der Waals surface area (Å²) >= 11 is 3.22. The number of phenolic OH excluding ortho intramolecular Hbond substituents is 1. The van der Waals surface area contributed by atoms with E-state index < -0.39 is 10.7 Å². The summed E-state index contributed by atoms with van der Waals surface area (Å²) in [5.74, 6) is 2.56. The van der Waals surface area contributed by atoms with Crippen molar-refractivity contribution in [2.75, 3.05) is 0 Å². The lowest BCUT2D eigenvalue weighted by molar-refractivity contribution is -0.385. The van der Waals surface area contributed by atoms with Gasteiger partial charge in [0.2, 0.25) is 5.75 Å². The zero-order valence-electron chi connectivity index (χ0n) is 17.3. The molecule has 1 N–H and O–H groups in total. The van der Waals surface area contributed by atoms with Gasteiger partial charge in [0.1, 0.15) is 29.0 Å². The summed E-state index contributed by atoms with van der Waals surface area (Å²) in [7, 11) is 0. The van der Waals surface area contributed by atoms with E-state index in [1.165, 1.54) is 12.3 Å². The zero-order valence-corrected chi connectivity index (χ0v) is 18.9. The van der Waals surface area contributed by atoms with Gasteiger partial charge in [0.15, 0.2) is 0 Å². The topological polar surface area (TPSA) is 102 Å². The predicted molar refractivity (Wildman–Crippen MR) is 124 cm³/mol. The van der Waals surface area contributed by atoms with Crippen molar-refractivity contribution in [3.63, 3.8) is 0 Å². The van der Waals surface area contributed by atoms with Crippen molar-refractivity contribution < 1.29 is 18.9 Å². The minimum Gasteiger partial charge on any atom is -0.502 e. The SMILES string of the molecule is Cc1ccc(C(c2ccc(N=Cc3cc(Br)cc([N+](=O)[O-])c3O)cc2)c2ccc(C)o2)o1. The number of halogens is 1. The number of nitro benzene ring substituents is 1. The molecular weight excluding hydrogens is 476 g/mol. The Kier molecular flexibility index (Phi) is 5.96. The largest absolute Gasteiger partial charge is 0.502 e. The third-order valence-corrected chi connectivity index (χ3v) is 5.41. The number of aliphatic imine (C=N–C) groups is 1. The fourth-order valence-electron chi connectivity index (χ4n) is 3.43. The van der Waals surface area contributed by atoms with Crippen molar-refractivity contribution in [3.05, 3.63) is 109 Å². The van der Waals surface area contributed by atoms with Crippen molar-refractivity contribution in [3.8, 4) is 5.75 Å². The number of rotatable bonds is 6. The first-order valence-electron chi connectivity index (χ1n) is 9.75. The second kappa shape index (κ2) is 8.84. The Morgan fingerprint density at radius 1 is 1.00 bits per heavy atom. The molecule has 0 saturated heterocycles. The molecule has 0 bridgehead atoms. The summed E-state index contributed by atoms with van der Waals surface area (Å²) in [6.07, 6.45) is 1.39. The standard InChI is InChI=1S/C24H19BrN2O5/c1-14-3-9-21(31-14)23(22-10-4-15(2)32-22)16-5-7-19(8-6-16)26-13-17-11-18(25)12-20(24(17)28)27(29)30/h3-13,23,28H,1-2H3. The summed E-state index contributed by atoms with van der Waals surface area (Å²) in [6, 6.07) is 18.0. The first kappa shape index (κ1) is 21.6. The highest BCUT2D eigenvalue weighted by Crippen LogP contribution is 2.35. The molecule has 7 nitrogen and oxygen atoms in total. The molecule has 2 aromatic carbocycles. The molecule has 0 radical (unpaired) electrons. The Labute approximate surface area is 192 Å². The van der Waals surface area contributed by atoms with Crippen LogP contribution in [-0.4, -0.2) is 16.2 Å². The summed E-state index contributed by atoms with van der Waals surface area (Å²) in [5.41, 5.74) is 1.45. The Morgan fingerprint density at radius 2 is 1.59 bits per heavy atom. The smallest absolute Gasteiger partial charge is 0.312 e. The van der Waals surface area contributed by atoms with Crippen LogP contribution >= 0.6 is 15.9 Å². The number of nitro groups is 1. The molecule has 0 aliphatic carbocycles. The monoisotopic (exact) mass is 494 g/mol. The van der Waals surface area contributed by atoms with Crippen LogP contribution in [0.2, 0.25) is 0 Å². The highest BCUT2D eigenvalue weighted by molar-refractivity contribution is 9.10. The van der Waals surface area contributed by atoms with Gasteiger partial charge in [-0.2, -0.15) is 0 Å². The number of aryl methyl sites for hydroxylation is 2. The van der Waals surface area contributed by atoms with Crippen LogP contribution in [0, 0.1) is 24.0 Å². The maximum absolute atomic E-state index is 11.1.